The van der Waals surface area contributed by atoms with E-state index in [0.29, 0.717) is 12.2 Å². The zero-order valence-electron chi connectivity index (χ0n) is 14.5. The van der Waals surface area contributed by atoms with E-state index < -0.39 is 0 Å². The van der Waals surface area contributed by atoms with Crippen molar-refractivity contribution in [3.05, 3.63) is 46.0 Å². The van der Waals surface area contributed by atoms with Crippen molar-refractivity contribution in [1.82, 2.24) is 14.7 Å². The second-order valence-corrected chi connectivity index (χ2v) is 7.55. The lowest BCUT2D eigenvalue weighted by Gasteiger charge is -2.27. The molecule has 1 saturated heterocycles. The van der Waals surface area contributed by atoms with Gasteiger partial charge in [0.15, 0.2) is 0 Å². The van der Waals surface area contributed by atoms with Gasteiger partial charge in [-0.05, 0) is 53.2 Å². The first-order chi connectivity index (χ1) is 10.7. The minimum absolute atomic E-state index is 0.0350. The summed E-state index contributed by atoms with van der Waals surface area (Å²) in [4.78, 5) is 16.9. The van der Waals surface area contributed by atoms with Gasteiger partial charge in [0, 0.05) is 24.3 Å². The van der Waals surface area contributed by atoms with E-state index in [1.165, 1.54) is 0 Å². The molecule has 0 bridgehead atoms. The number of ether oxygens (including phenoxy) is 1. The third-order valence-electron chi connectivity index (χ3n) is 4.54. The zero-order chi connectivity index (χ0) is 16.8. The highest BCUT2D eigenvalue weighted by molar-refractivity contribution is 5.40. The molecule has 0 unspecified atom stereocenters. The Labute approximate surface area is 136 Å². The lowest BCUT2D eigenvalue weighted by atomic mass is 9.94. The molecular formula is C18H25N3O2. The maximum Gasteiger partial charge on any atom is 0.258 e. The Hall–Kier alpha value is -1.72. The highest BCUT2D eigenvalue weighted by Gasteiger charge is 2.45. The van der Waals surface area contributed by atoms with Crippen molar-refractivity contribution in [1.29, 1.82) is 0 Å². The number of nitrogens with one attached hydrogen (secondary N) is 1. The molecule has 0 saturated carbocycles. The summed E-state index contributed by atoms with van der Waals surface area (Å²) in [7, 11) is 0. The lowest BCUT2D eigenvalue weighted by molar-refractivity contribution is -0.0699. The molecule has 1 aliphatic heterocycles. The van der Waals surface area contributed by atoms with Crippen LogP contribution in [-0.2, 0) is 11.3 Å². The van der Waals surface area contributed by atoms with Gasteiger partial charge >= 0.3 is 0 Å². The third kappa shape index (κ3) is 3.16. The standard InChI is InChI=1S/C18H25N3O2/c1-12-7-6-8-15-20-13(9-16(22)21(12)15)11-19-14-10-17(2,3)23-18(14,4)5/h6-9,14,19H,10-11H2,1-5H3/t14-/m1/s1. The van der Waals surface area contributed by atoms with E-state index in [2.05, 4.69) is 38.0 Å². The van der Waals surface area contributed by atoms with E-state index in [1.54, 1.807) is 10.5 Å². The van der Waals surface area contributed by atoms with Crippen molar-refractivity contribution in [3.8, 4) is 0 Å². The summed E-state index contributed by atoms with van der Waals surface area (Å²) in [5.41, 5.74) is 1.96. The van der Waals surface area contributed by atoms with Gasteiger partial charge in [-0.1, -0.05) is 6.07 Å². The number of rotatable bonds is 3. The molecule has 2 aromatic rings. The number of fused-ring (bicyclic) bond motifs is 1. The van der Waals surface area contributed by atoms with Crippen molar-refractivity contribution < 1.29 is 4.74 Å². The van der Waals surface area contributed by atoms with Crippen molar-refractivity contribution in [3.63, 3.8) is 0 Å². The maximum atomic E-state index is 12.3. The molecule has 5 heteroatoms. The van der Waals surface area contributed by atoms with Crippen LogP contribution in [0.5, 0.6) is 0 Å². The number of aryl methyl sites for hydroxylation is 1. The van der Waals surface area contributed by atoms with Crippen molar-refractivity contribution in [2.75, 3.05) is 0 Å². The van der Waals surface area contributed by atoms with Crippen molar-refractivity contribution >= 4 is 5.65 Å². The molecule has 0 amide bonds. The second kappa shape index (κ2) is 5.42. The first-order valence-corrected chi connectivity index (χ1v) is 8.10. The molecule has 0 aromatic carbocycles. The molecule has 1 fully saturated rings. The van der Waals surface area contributed by atoms with Crippen LogP contribution in [0.2, 0.25) is 0 Å². The Balaban J connectivity index is 1.82. The molecule has 3 heterocycles. The Bertz CT molecular complexity index is 792. The molecule has 5 nitrogen and oxygen atoms in total. The zero-order valence-corrected chi connectivity index (χ0v) is 14.5. The fourth-order valence-electron chi connectivity index (χ4n) is 3.56. The van der Waals surface area contributed by atoms with Gasteiger partial charge in [0.1, 0.15) is 5.65 Å². The first kappa shape index (κ1) is 16.1. The third-order valence-corrected chi connectivity index (χ3v) is 4.54. The van der Waals surface area contributed by atoms with Gasteiger partial charge in [-0.2, -0.15) is 0 Å². The maximum absolute atomic E-state index is 12.3. The molecule has 1 N–H and O–H groups in total. The number of hydrogen-bond acceptors (Lipinski definition) is 4. The van der Waals surface area contributed by atoms with Gasteiger partial charge in [-0.3, -0.25) is 9.20 Å². The Morgan fingerprint density at radius 1 is 1.35 bits per heavy atom. The molecule has 3 rings (SSSR count). The highest BCUT2D eigenvalue weighted by atomic mass is 16.5. The molecule has 0 spiro atoms. The molecular weight excluding hydrogens is 290 g/mol. The fraction of sp³-hybridized carbons (Fsp3) is 0.556. The predicted octanol–water partition coefficient (Wildman–Crippen LogP) is 2.44. The molecule has 1 atom stereocenters. The van der Waals surface area contributed by atoms with Gasteiger partial charge in [-0.25, -0.2) is 4.98 Å². The minimum atomic E-state index is -0.230. The second-order valence-electron chi connectivity index (χ2n) is 7.55. The molecule has 1 aliphatic rings. The van der Waals surface area contributed by atoms with Crippen molar-refractivity contribution in [2.24, 2.45) is 0 Å². The van der Waals surface area contributed by atoms with Crippen LogP contribution in [-0.4, -0.2) is 26.6 Å². The lowest BCUT2D eigenvalue weighted by Crippen LogP contribution is -2.43. The van der Waals surface area contributed by atoms with Gasteiger partial charge in [0.2, 0.25) is 0 Å². The van der Waals surface area contributed by atoms with Crippen LogP contribution >= 0.6 is 0 Å². The fourth-order valence-corrected chi connectivity index (χ4v) is 3.56. The number of nitrogens with zero attached hydrogens (tertiary/aromatic N) is 2. The van der Waals surface area contributed by atoms with E-state index in [1.807, 2.05) is 25.1 Å². The van der Waals surface area contributed by atoms with E-state index in [0.717, 1.165) is 17.8 Å². The average molecular weight is 315 g/mol. The summed E-state index contributed by atoms with van der Waals surface area (Å²) in [5, 5.41) is 3.51. The smallest absolute Gasteiger partial charge is 0.258 e. The SMILES string of the molecule is Cc1cccc2nc(CN[C@@H]3CC(C)(C)OC3(C)C)cc(=O)n12. The normalized spacial score (nSPS) is 22.6. The number of aromatic nitrogens is 2. The van der Waals surface area contributed by atoms with Crippen LogP contribution in [0.3, 0.4) is 0 Å². The summed E-state index contributed by atoms with van der Waals surface area (Å²) in [6.45, 7) is 10.9. The highest BCUT2D eigenvalue weighted by Crippen LogP contribution is 2.37. The van der Waals surface area contributed by atoms with Gasteiger partial charge < -0.3 is 10.1 Å². The van der Waals surface area contributed by atoms with Crippen LogP contribution in [0.4, 0.5) is 0 Å². The van der Waals surface area contributed by atoms with Gasteiger partial charge in [0.05, 0.1) is 16.9 Å². The number of hydrogen-bond donors (Lipinski definition) is 1. The van der Waals surface area contributed by atoms with E-state index in [4.69, 9.17) is 4.74 Å². The molecule has 124 valence electrons. The Morgan fingerprint density at radius 2 is 2.09 bits per heavy atom. The first-order valence-electron chi connectivity index (χ1n) is 8.10. The van der Waals surface area contributed by atoms with Crippen LogP contribution in [0.1, 0.15) is 45.5 Å². The summed E-state index contributed by atoms with van der Waals surface area (Å²) in [6, 6.07) is 7.54. The Morgan fingerprint density at radius 3 is 2.74 bits per heavy atom. The van der Waals surface area contributed by atoms with Crippen LogP contribution in [0.15, 0.2) is 29.1 Å². The molecule has 2 aromatic heterocycles. The quantitative estimate of drug-likeness (QED) is 0.945. The predicted molar refractivity (Wildman–Crippen MR) is 90.7 cm³/mol. The largest absolute Gasteiger partial charge is 0.368 e. The average Bonchev–Trinajstić information content (AvgIpc) is 2.63. The van der Waals surface area contributed by atoms with Gasteiger partial charge in [-0.15, -0.1) is 0 Å². The summed E-state index contributed by atoms with van der Waals surface area (Å²) < 4.78 is 7.73. The number of pyridine rings is 1. The van der Waals surface area contributed by atoms with Crippen LogP contribution in [0.25, 0.3) is 5.65 Å². The van der Waals surface area contributed by atoms with Crippen LogP contribution < -0.4 is 10.9 Å². The van der Waals surface area contributed by atoms with E-state index in [-0.39, 0.29) is 22.8 Å². The topological polar surface area (TPSA) is 55.6 Å². The Kier molecular flexibility index (Phi) is 3.81. The van der Waals surface area contributed by atoms with Gasteiger partial charge in [0.25, 0.3) is 5.56 Å². The molecule has 0 radical (unpaired) electrons. The summed E-state index contributed by atoms with van der Waals surface area (Å²) >= 11 is 0. The summed E-state index contributed by atoms with van der Waals surface area (Å²) in [5.74, 6) is 0. The van der Waals surface area contributed by atoms with Crippen LogP contribution in [0, 0.1) is 6.92 Å². The monoisotopic (exact) mass is 315 g/mol. The molecule has 0 aliphatic carbocycles. The summed E-state index contributed by atoms with van der Waals surface area (Å²) in [6.07, 6.45) is 0.936. The van der Waals surface area contributed by atoms with E-state index >= 15 is 0 Å². The minimum Gasteiger partial charge on any atom is -0.368 e. The molecule has 23 heavy (non-hydrogen) atoms. The van der Waals surface area contributed by atoms with Crippen molar-refractivity contribution in [2.45, 2.75) is 64.8 Å². The van der Waals surface area contributed by atoms with E-state index in [9.17, 15) is 4.79 Å².